The monoisotopic (exact) mass is 230 g/mol. The van der Waals surface area contributed by atoms with Gasteiger partial charge in [-0.2, -0.15) is 0 Å². The van der Waals surface area contributed by atoms with Gasteiger partial charge in [0.1, 0.15) is 12.2 Å². The summed E-state index contributed by atoms with van der Waals surface area (Å²) >= 11 is 0. The fourth-order valence-electron chi connectivity index (χ4n) is 0.756. The van der Waals surface area contributed by atoms with Crippen LogP contribution in [-0.2, 0) is 18.9 Å². The second-order valence-electron chi connectivity index (χ2n) is 4.00. The number of allylic oxidation sites excluding steroid dienone is 1. The van der Waals surface area contributed by atoms with Crippen molar-refractivity contribution in [2.24, 2.45) is 0 Å². The molecule has 3 heterocycles. The Kier molecular flexibility index (Phi) is 6.64. The summed E-state index contributed by atoms with van der Waals surface area (Å²) in [6, 6.07) is 0. The maximum absolute atomic E-state index is 5.23. The van der Waals surface area contributed by atoms with Gasteiger partial charge in [0.15, 0.2) is 0 Å². The molecule has 16 heavy (non-hydrogen) atoms. The summed E-state index contributed by atoms with van der Waals surface area (Å²) < 4.78 is 19.8. The summed E-state index contributed by atoms with van der Waals surface area (Å²) in [5.41, 5.74) is 0. The Morgan fingerprint density at radius 2 is 1.44 bits per heavy atom. The molecule has 0 bridgehead atoms. The van der Waals surface area contributed by atoms with E-state index in [9.17, 15) is 0 Å². The van der Waals surface area contributed by atoms with E-state index >= 15 is 0 Å². The average molecular weight is 230 g/mol. The minimum atomic E-state index is 0.392. The van der Waals surface area contributed by atoms with Crippen molar-refractivity contribution in [1.82, 2.24) is 0 Å². The quantitative estimate of drug-likeness (QED) is 0.541. The van der Waals surface area contributed by atoms with Crippen LogP contribution < -0.4 is 0 Å². The van der Waals surface area contributed by atoms with Crippen molar-refractivity contribution < 1.29 is 18.9 Å². The van der Waals surface area contributed by atoms with Gasteiger partial charge in [-0.1, -0.05) is 6.08 Å². The van der Waals surface area contributed by atoms with Gasteiger partial charge in [-0.25, -0.2) is 0 Å². The number of rotatable bonds is 4. The first kappa shape index (κ1) is 13.6. The maximum Gasteiger partial charge on any atom is 0.104 e. The molecule has 0 aliphatic carbocycles. The minimum absolute atomic E-state index is 0.392. The van der Waals surface area contributed by atoms with E-state index in [1.54, 1.807) is 6.08 Å². The zero-order chi connectivity index (χ0) is 11.8. The van der Waals surface area contributed by atoms with E-state index in [1.165, 1.54) is 0 Å². The molecule has 0 amide bonds. The van der Waals surface area contributed by atoms with E-state index in [0.29, 0.717) is 18.3 Å². The van der Waals surface area contributed by atoms with Crippen molar-refractivity contribution >= 4 is 0 Å². The molecule has 94 valence electrons. The highest BCUT2D eigenvalue weighted by atomic mass is 16.6. The molecule has 3 unspecified atom stereocenters. The van der Waals surface area contributed by atoms with Crippen molar-refractivity contribution in [3.05, 3.63) is 12.7 Å². The van der Waals surface area contributed by atoms with E-state index in [0.717, 1.165) is 33.0 Å². The molecule has 0 N–H and O–H groups in total. The first-order chi connectivity index (χ1) is 7.76. The molecule has 0 saturated carbocycles. The Hall–Kier alpha value is -0.420. The molecule has 3 saturated heterocycles. The number of epoxide rings is 3. The highest BCUT2D eigenvalue weighted by Crippen LogP contribution is 2.12. The molecule has 3 atom stereocenters. The van der Waals surface area contributed by atoms with Gasteiger partial charge in [0.25, 0.3) is 0 Å². The van der Waals surface area contributed by atoms with E-state index in [1.807, 2.05) is 6.92 Å². The first-order valence-electron chi connectivity index (χ1n) is 5.75. The largest absolute Gasteiger partial charge is 0.376 e. The van der Waals surface area contributed by atoms with Crippen LogP contribution in [0.15, 0.2) is 12.7 Å². The Labute approximate surface area is 97.5 Å². The summed E-state index contributed by atoms with van der Waals surface area (Å²) in [5.74, 6) is 0. The SMILES string of the molecule is C(OCC1CO1)C1CO1.C=CC.CC1CO1. The van der Waals surface area contributed by atoms with Gasteiger partial charge in [0.2, 0.25) is 0 Å². The lowest BCUT2D eigenvalue weighted by atomic mass is 10.5. The normalized spacial score (nSPS) is 32.5. The number of hydrogen-bond acceptors (Lipinski definition) is 4. The minimum Gasteiger partial charge on any atom is -0.376 e. The Bertz CT molecular complexity index is 171. The zero-order valence-corrected chi connectivity index (χ0v) is 10.2. The van der Waals surface area contributed by atoms with Crippen molar-refractivity contribution in [2.45, 2.75) is 32.2 Å². The van der Waals surface area contributed by atoms with Crippen LogP contribution in [0.4, 0.5) is 0 Å². The first-order valence-corrected chi connectivity index (χ1v) is 5.75. The van der Waals surface area contributed by atoms with Gasteiger partial charge in [0, 0.05) is 0 Å². The van der Waals surface area contributed by atoms with Crippen LogP contribution >= 0.6 is 0 Å². The maximum atomic E-state index is 5.23. The van der Waals surface area contributed by atoms with Crippen LogP contribution in [0, 0.1) is 0 Å². The van der Waals surface area contributed by atoms with Crippen LogP contribution in [-0.4, -0.2) is 51.3 Å². The van der Waals surface area contributed by atoms with E-state index in [2.05, 4.69) is 13.5 Å². The molecule has 3 fully saturated rings. The van der Waals surface area contributed by atoms with Crippen LogP contribution in [0.3, 0.4) is 0 Å². The molecule has 3 rings (SSSR count). The van der Waals surface area contributed by atoms with Gasteiger partial charge in [-0.3, -0.25) is 0 Å². The molecular weight excluding hydrogens is 208 g/mol. The van der Waals surface area contributed by atoms with Crippen molar-refractivity contribution in [1.29, 1.82) is 0 Å². The van der Waals surface area contributed by atoms with E-state index in [-0.39, 0.29) is 0 Å². The molecule has 3 aliphatic rings. The summed E-state index contributed by atoms with van der Waals surface area (Å²) in [5, 5.41) is 0. The van der Waals surface area contributed by atoms with Crippen molar-refractivity contribution in [3.8, 4) is 0 Å². The summed E-state index contributed by atoms with van der Waals surface area (Å²) in [7, 11) is 0. The van der Waals surface area contributed by atoms with Gasteiger partial charge >= 0.3 is 0 Å². The number of hydrogen-bond donors (Lipinski definition) is 0. The Balaban J connectivity index is 0.000000153. The predicted octanol–water partition coefficient (Wildman–Crippen LogP) is 1.40. The van der Waals surface area contributed by atoms with Gasteiger partial charge in [-0.15, -0.1) is 6.58 Å². The smallest absolute Gasteiger partial charge is 0.104 e. The van der Waals surface area contributed by atoms with E-state index < -0.39 is 0 Å². The predicted molar refractivity (Wildman–Crippen MR) is 61.6 cm³/mol. The molecular formula is C12H22O4. The summed E-state index contributed by atoms with van der Waals surface area (Å²) in [6.07, 6.45) is 3.12. The molecule has 0 aromatic carbocycles. The topological polar surface area (TPSA) is 46.8 Å². The fraction of sp³-hybridized carbons (Fsp3) is 0.833. The number of ether oxygens (including phenoxy) is 4. The highest BCUT2D eigenvalue weighted by Gasteiger charge is 2.26. The fourth-order valence-corrected chi connectivity index (χ4v) is 0.756. The molecule has 3 aliphatic heterocycles. The van der Waals surface area contributed by atoms with Crippen LogP contribution in [0.1, 0.15) is 13.8 Å². The third kappa shape index (κ3) is 10.1. The van der Waals surface area contributed by atoms with Gasteiger partial charge in [0.05, 0.1) is 39.1 Å². The standard InChI is InChI=1S/C6H10O3.C3H6O.C3H6/c1(5-3-8-5)7-2-6-4-9-6;1-3-2-4-3;1-3-2/h5-6H,1-4H2;3H,2H2,1H3;3H,1H2,2H3. The molecule has 0 aromatic rings. The van der Waals surface area contributed by atoms with Crippen LogP contribution in [0.5, 0.6) is 0 Å². The third-order valence-electron chi connectivity index (χ3n) is 1.91. The summed E-state index contributed by atoms with van der Waals surface area (Å²) in [4.78, 5) is 0. The Morgan fingerprint density at radius 1 is 1.12 bits per heavy atom. The second-order valence-corrected chi connectivity index (χ2v) is 4.00. The lowest BCUT2D eigenvalue weighted by Crippen LogP contribution is -2.06. The summed E-state index contributed by atoms with van der Waals surface area (Å²) in [6.45, 7) is 11.6. The second kappa shape index (κ2) is 7.79. The van der Waals surface area contributed by atoms with E-state index in [4.69, 9.17) is 18.9 Å². The molecule has 0 spiro atoms. The molecule has 0 aromatic heterocycles. The molecule has 4 nitrogen and oxygen atoms in total. The molecule has 0 radical (unpaired) electrons. The lowest BCUT2D eigenvalue weighted by molar-refractivity contribution is 0.102. The Morgan fingerprint density at radius 3 is 1.62 bits per heavy atom. The highest BCUT2D eigenvalue weighted by molar-refractivity contribution is 4.71. The van der Waals surface area contributed by atoms with Crippen LogP contribution in [0.2, 0.25) is 0 Å². The van der Waals surface area contributed by atoms with Crippen LogP contribution in [0.25, 0.3) is 0 Å². The van der Waals surface area contributed by atoms with Gasteiger partial charge in [-0.05, 0) is 13.8 Å². The average Bonchev–Trinajstić information content (AvgIpc) is 3.10. The zero-order valence-electron chi connectivity index (χ0n) is 10.2. The molecule has 4 heteroatoms. The third-order valence-corrected chi connectivity index (χ3v) is 1.91. The van der Waals surface area contributed by atoms with Crippen molar-refractivity contribution in [2.75, 3.05) is 33.0 Å². The van der Waals surface area contributed by atoms with Gasteiger partial charge < -0.3 is 18.9 Å². The lowest BCUT2D eigenvalue weighted by Gasteiger charge is -1.95. The van der Waals surface area contributed by atoms with Crippen molar-refractivity contribution in [3.63, 3.8) is 0 Å².